The van der Waals surface area contributed by atoms with Crippen molar-refractivity contribution in [3.8, 4) is 0 Å². The number of nitrogens with one attached hydrogen (secondary N) is 1. The third-order valence-electron chi connectivity index (χ3n) is 11.4. The molecule has 0 bridgehead atoms. The quantitative estimate of drug-likeness (QED) is 0.376. The Morgan fingerprint density at radius 1 is 1.14 bits per heavy atom. The van der Waals surface area contributed by atoms with Crippen LogP contribution in [-0.2, 0) is 19.1 Å². The first-order chi connectivity index (χ1) is 21.0. The van der Waals surface area contributed by atoms with Gasteiger partial charge in [-0.25, -0.2) is 0 Å². The van der Waals surface area contributed by atoms with Crippen LogP contribution in [0.2, 0.25) is 0 Å². The molecule has 9 heteroatoms. The van der Waals surface area contributed by atoms with E-state index < -0.39 is 47.3 Å². The molecular formula is C35H38N2O7. The number of ether oxygens (including phenoxy) is 2. The number of ketones is 2. The minimum absolute atomic E-state index is 0.00526. The summed E-state index contributed by atoms with van der Waals surface area (Å²) in [6.45, 7) is 3.41. The third kappa shape index (κ3) is 4.10. The van der Waals surface area contributed by atoms with E-state index in [9.17, 15) is 24.6 Å². The second kappa shape index (κ2) is 10.2. The molecule has 7 rings (SSSR count). The minimum Gasteiger partial charge on any atom is -0.399 e. The van der Waals surface area contributed by atoms with Gasteiger partial charge in [-0.1, -0.05) is 43.7 Å². The number of amides is 1. The summed E-state index contributed by atoms with van der Waals surface area (Å²) in [5, 5.41) is 24.9. The molecule has 0 aromatic heterocycles. The molecule has 0 spiro atoms. The van der Waals surface area contributed by atoms with Crippen molar-refractivity contribution in [1.82, 2.24) is 0 Å². The number of rotatable bonds is 5. The van der Waals surface area contributed by atoms with Crippen LogP contribution in [-0.4, -0.2) is 52.1 Å². The zero-order valence-corrected chi connectivity index (χ0v) is 24.9. The van der Waals surface area contributed by atoms with Gasteiger partial charge in [0.05, 0.1) is 12.2 Å². The van der Waals surface area contributed by atoms with Crippen LogP contribution in [0, 0.1) is 28.6 Å². The van der Waals surface area contributed by atoms with Gasteiger partial charge in [-0.15, -0.1) is 0 Å². The van der Waals surface area contributed by atoms with E-state index in [-0.39, 0.29) is 29.4 Å². The zero-order valence-electron chi connectivity index (χ0n) is 24.9. The molecule has 0 unspecified atom stereocenters. The van der Waals surface area contributed by atoms with Gasteiger partial charge in [-0.2, -0.15) is 0 Å². The lowest BCUT2D eigenvalue weighted by Crippen LogP contribution is -2.63. The van der Waals surface area contributed by atoms with Crippen molar-refractivity contribution in [1.29, 1.82) is 0 Å². The second-order valence-electron chi connectivity index (χ2n) is 13.5. The van der Waals surface area contributed by atoms with E-state index in [0.29, 0.717) is 35.3 Å². The number of nitrogen functional groups attached to an aromatic ring is 1. The van der Waals surface area contributed by atoms with E-state index in [1.54, 1.807) is 54.6 Å². The Bertz CT molecular complexity index is 1620. The van der Waals surface area contributed by atoms with Crippen LogP contribution in [0.4, 0.5) is 11.4 Å². The maximum absolute atomic E-state index is 13.8. The van der Waals surface area contributed by atoms with Gasteiger partial charge in [0.15, 0.2) is 23.5 Å². The largest absolute Gasteiger partial charge is 0.399 e. The van der Waals surface area contributed by atoms with Gasteiger partial charge in [0.2, 0.25) is 0 Å². The third-order valence-corrected chi connectivity index (χ3v) is 11.4. The Labute approximate surface area is 256 Å². The summed E-state index contributed by atoms with van der Waals surface area (Å²) in [5.41, 5.74) is 6.28. The van der Waals surface area contributed by atoms with E-state index in [1.807, 2.05) is 19.1 Å². The van der Waals surface area contributed by atoms with Crippen LogP contribution in [0.25, 0.3) is 0 Å². The maximum Gasteiger partial charge on any atom is 0.255 e. The number of carbonyl (C=O) groups excluding carboxylic acids is 3. The smallest absolute Gasteiger partial charge is 0.255 e. The average molecular weight is 599 g/mol. The average Bonchev–Trinajstić information content (AvgIpc) is 3.50. The fraction of sp³-hybridized carbons (Fsp3) is 0.457. The van der Waals surface area contributed by atoms with Gasteiger partial charge >= 0.3 is 0 Å². The van der Waals surface area contributed by atoms with Gasteiger partial charge in [-0.3, -0.25) is 14.4 Å². The van der Waals surface area contributed by atoms with E-state index >= 15 is 0 Å². The lowest BCUT2D eigenvalue weighted by molar-refractivity contribution is -0.201. The molecule has 5 aliphatic rings. The molecule has 44 heavy (non-hydrogen) atoms. The number of aliphatic hydroxyl groups excluding tert-OH is 2. The first kappa shape index (κ1) is 29.1. The lowest BCUT2D eigenvalue weighted by atomic mass is 9.46. The molecule has 1 amide bonds. The van der Waals surface area contributed by atoms with Crippen molar-refractivity contribution < 1.29 is 34.1 Å². The fourth-order valence-corrected chi connectivity index (χ4v) is 9.48. The Morgan fingerprint density at radius 2 is 1.93 bits per heavy atom. The summed E-state index contributed by atoms with van der Waals surface area (Å²) in [6.07, 6.45) is 5.41. The Hall–Kier alpha value is -3.63. The van der Waals surface area contributed by atoms with Gasteiger partial charge in [0.25, 0.3) is 5.91 Å². The number of Topliss-reactive ketones (excluding diaryl/α,β-unsaturated/α-hetero) is 1. The predicted molar refractivity (Wildman–Crippen MR) is 162 cm³/mol. The monoisotopic (exact) mass is 598 g/mol. The number of anilines is 2. The summed E-state index contributed by atoms with van der Waals surface area (Å²) in [4.78, 5) is 38.8. The van der Waals surface area contributed by atoms with E-state index in [0.717, 1.165) is 18.4 Å². The molecule has 5 N–H and O–H groups in total. The van der Waals surface area contributed by atoms with Crippen molar-refractivity contribution in [2.75, 3.05) is 17.7 Å². The van der Waals surface area contributed by atoms with Crippen molar-refractivity contribution in [3.05, 3.63) is 83.5 Å². The highest BCUT2D eigenvalue weighted by Gasteiger charge is 2.75. The molecule has 9 nitrogen and oxygen atoms in total. The van der Waals surface area contributed by atoms with E-state index in [2.05, 4.69) is 12.2 Å². The van der Waals surface area contributed by atoms with Crippen molar-refractivity contribution in [2.24, 2.45) is 28.6 Å². The molecule has 2 aromatic rings. The maximum atomic E-state index is 13.8. The van der Waals surface area contributed by atoms with Gasteiger partial charge < -0.3 is 30.7 Å². The normalized spacial score (nSPS) is 38.6. The predicted octanol–water partition coefficient (Wildman–Crippen LogP) is 4.12. The summed E-state index contributed by atoms with van der Waals surface area (Å²) in [5.74, 6) is -0.808. The second-order valence-corrected chi connectivity index (χ2v) is 13.5. The summed E-state index contributed by atoms with van der Waals surface area (Å²) in [6, 6.07) is 13.8. The SMILES string of the molecule is C[C@]12C=CC(=O)C=C1CC[C@@H]1[C@@H]2[C@@H](O)C[C@@]2(C)[C@H]1C[C@H]1O[C@@H](c3cccc(NC(=O)c4cccc(N)c4)c3)O[C@]12C(=O)CO. The summed E-state index contributed by atoms with van der Waals surface area (Å²) < 4.78 is 13.2. The minimum atomic E-state index is -1.45. The van der Waals surface area contributed by atoms with E-state index in [4.69, 9.17) is 15.2 Å². The molecule has 3 saturated carbocycles. The van der Waals surface area contributed by atoms with Crippen molar-refractivity contribution in [2.45, 2.75) is 63.6 Å². The Balaban J connectivity index is 1.18. The number of benzene rings is 2. The van der Waals surface area contributed by atoms with Crippen LogP contribution in [0.15, 0.2) is 72.3 Å². The standard InChI is InChI=1S/C35H38N2O7/c1-33-12-11-24(39)15-21(33)9-10-25-26-16-29-35(28(41)18-38,34(26,2)17-27(40)30(25)33)44-32(43-29)20-6-4-8-23(14-20)37-31(42)19-5-3-7-22(36)13-19/h3-8,11-15,25-27,29-30,32,38,40H,9-10,16-18,36H2,1-2H3,(H,37,42)/t25-,26-,27-,29+,30+,32+,33-,34-,35+/m0/s1. The molecule has 0 radical (unpaired) electrons. The topological polar surface area (TPSA) is 148 Å². The van der Waals surface area contributed by atoms with Crippen LogP contribution in [0.5, 0.6) is 0 Å². The highest BCUT2D eigenvalue weighted by Crippen LogP contribution is 2.70. The number of hydrogen-bond acceptors (Lipinski definition) is 8. The molecule has 2 aromatic carbocycles. The molecule has 1 saturated heterocycles. The van der Waals surface area contributed by atoms with Gasteiger partial charge in [0.1, 0.15) is 6.61 Å². The molecule has 1 heterocycles. The number of carbonyl (C=O) groups is 3. The van der Waals surface area contributed by atoms with Gasteiger partial charge in [-0.05, 0) is 80.0 Å². The van der Waals surface area contributed by atoms with Crippen LogP contribution >= 0.6 is 0 Å². The van der Waals surface area contributed by atoms with Crippen LogP contribution in [0.1, 0.15) is 61.7 Å². The lowest BCUT2D eigenvalue weighted by Gasteiger charge is -2.59. The molecule has 230 valence electrons. The Kier molecular flexibility index (Phi) is 6.75. The fourth-order valence-electron chi connectivity index (χ4n) is 9.48. The highest BCUT2D eigenvalue weighted by molar-refractivity contribution is 6.04. The number of nitrogens with two attached hydrogens (primary N) is 1. The van der Waals surface area contributed by atoms with Gasteiger partial charge in [0, 0.05) is 39.2 Å². The van der Waals surface area contributed by atoms with E-state index in [1.165, 1.54) is 0 Å². The molecule has 9 atom stereocenters. The molecule has 4 fully saturated rings. The zero-order chi connectivity index (χ0) is 31.0. The van der Waals surface area contributed by atoms with Crippen molar-refractivity contribution in [3.63, 3.8) is 0 Å². The van der Waals surface area contributed by atoms with Crippen LogP contribution in [0.3, 0.4) is 0 Å². The first-order valence-electron chi connectivity index (χ1n) is 15.4. The molecular weight excluding hydrogens is 560 g/mol. The van der Waals surface area contributed by atoms with Crippen LogP contribution < -0.4 is 11.1 Å². The highest BCUT2D eigenvalue weighted by atomic mass is 16.7. The molecule has 4 aliphatic carbocycles. The summed E-state index contributed by atoms with van der Waals surface area (Å²) in [7, 11) is 0. The summed E-state index contributed by atoms with van der Waals surface area (Å²) >= 11 is 0. The number of hydrogen-bond donors (Lipinski definition) is 4. The van der Waals surface area contributed by atoms with Crippen molar-refractivity contribution >= 4 is 28.8 Å². The number of aliphatic hydroxyl groups is 2. The number of allylic oxidation sites excluding steroid dienone is 4. The Morgan fingerprint density at radius 3 is 2.70 bits per heavy atom. The first-order valence-corrected chi connectivity index (χ1v) is 15.4. The molecule has 1 aliphatic heterocycles. The number of fused-ring (bicyclic) bond motifs is 7.